The topological polar surface area (TPSA) is 59.5 Å². The number of hydrogen-bond donors (Lipinski definition) is 1. The van der Waals surface area contributed by atoms with Crippen molar-refractivity contribution < 1.29 is 9.21 Å². The quantitative estimate of drug-likeness (QED) is 0.861. The highest BCUT2D eigenvalue weighted by molar-refractivity contribution is 5.94. The van der Waals surface area contributed by atoms with Gasteiger partial charge in [0.2, 0.25) is 0 Å². The second-order valence-corrected chi connectivity index (χ2v) is 4.15. The lowest BCUT2D eigenvalue weighted by Gasteiger charge is -2.14. The Labute approximate surface area is 101 Å². The standard InChI is InChI=1S/C11H16N2O2.ClH/c1-8-2-3-13(6-8)11(14)9-4-10(5-12)15-7-9;/h4,7-8H,2-3,5-6,12H2,1H3;1H. The zero-order valence-corrected chi connectivity index (χ0v) is 10.1. The van der Waals surface area contributed by atoms with E-state index in [0.717, 1.165) is 19.5 Å². The summed E-state index contributed by atoms with van der Waals surface area (Å²) in [5.74, 6) is 1.32. The van der Waals surface area contributed by atoms with Crippen molar-refractivity contribution in [3.05, 3.63) is 23.7 Å². The van der Waals surface area contributed by atoms with Gasteiger partial charge >= 0.3 is 0 Å². The van der Waals surface area contributed by atoms with Crippen molar-refractivity contribution in [2.45, 2.75) is 19.9 Å². The Morgan fingerprint density at radius 3 is 2.94 bits per heavy atom. The summed E-state index contributed by atoms with van der Waals surface area (Å²) in [6, 6.07) is 1.73. The first-order valence-electron chi connectivity index (χ1n) is 5.27. The maximum absolute atomic E-state index is 11.9. The van der Waals surface area contributed by atoms with E-state index in [1.165, 1.54) is 6.26 Å². The molecule has 2 N–H and O–H groups in total. The lowest BCUT2D eigenvalue weighted by Crippen LogP contribution is -2.28. The molecular formula is C11H17ClN2O2. The fraction of sp³-hybridized carbons (Fsp3) is 0.545. The zero-order chi connectivity index (χ0) is 10.8. The van der Waals surface area contributed by atoms with E-state index in [-0.39, 0.29) is 18.3 Å². The highest BCUT2D eigenvalue weighted by Gasteiger charge is 2.24. The molecule has 2 heterocycles. The van der Waals surface area contributed by atoms with Crippen LogP contribution < -0.4 is 5.73 Å². The summed E-state index contributed by atoms with van der Waals surface area (Å²) in [6.45, 7) is 4.20. The Kier molecular flexibility index (Phi) is 4.38. The molecule has 1 saturated heterocycles. The minimum atomic E-state index is 0. The van der Waals surface area contributed by atoms with Crippen molar-refractivity contribution in [2.24, 2.45) is 11.7 Å². The first-order valence-corrected chi connectivity index (χ1v) is 5.27. The van der Waals surface area contributed by atoms with Crippen molar-refractivity contribution in [3.8, 4) is 0 Å². The molecule has 0 saturated carbocycles. The third kappa shape index (κ3) is 2.57. The zero-order valence-electron chi connectivity index (χ0n) is 9.31. The molecule has 1 aliphatic heterocycles. The Morgan fingerprint density at radius 1 is 1.69 bits per heavy atom. The van der Waals surface area contributed by atoms with Gasteiger partial charge in [-0.3, -0.25) is 4.79 Å². The van der Waals surface area contributed by atoms with Crippen molar-refractivity contribution in [1.29, 1.82) is 0 Å². The van der Waals surface area contributed by atoms with Gasteiger partial charge in [-0.05, 0) is 18.4 Å². The van der Waals surface area contributed by atoms with Gasteiger partial charge in [0.05, 0.1) is 12.1 Å². The molecule has 90 valence electrons. The number of hydrogen-bond acceptors (Lipinski definition) is 3. The van der Waals surface area contributed by atoms with Gasteiger partial charge in [0, 0.05) is 13.1 Å². The van der Waals surface area contributed by atoms with Gasteiger partial charge in [-0.15, -0.1) is 12.4 Å². The second-order valence-electron chi connectivity index (χ2n) is 4.15. The van der Waals surface area contributed by atoms with Gasteiger partial charge in [-0.2, -0.15) is 0 Å². The van der Waals surface area contributed by atoms with Crippen molar-refractivity contribution >= 4 is 18.3 Å². The maximum Gasteiger partial charge on any atom is 0.257 e. The van der Waals surface area contributed by atoms with E-state index < -0.39 is 0 Å². The molecule has 0 radical (unpaired) electrons. The van der Waals surface area contributed by atoms with E-state index in [9.17, 15) is 4.79 Å². The van der Waals surface area contributed by atoms with Crippen molar-refractivity contribution in [3.63, 3.8) is 0 Å². The monoisotopic (exact) mass is 244 g/mol. The van der Waals surface area contributed by atoms with Gasteiger partial charge in [-0.25, -0.2) is 0 Å². The first kappa shape index (κ1) is 13.1. The summed E-state index contributed by atoms with van der Waals surface area (Å²) in [6.07, 6.45) is 2.58. The number of carbonyl (C=O) groups excluding carboxylic acids is 1. The van der Waals surface area contributed by atoms with Gasteiger partial charge in [0.15, 0.2) is 0 Å². The summed E-state index contributed by atoms with van der Waals surface area (Å²) >= 11 is 0. The fourth-order valence-corrected chi connectivity index (χ4v) is 1.90. The van der Waals surface area contributed by atoms with Gasteiger partial charge in [-0.1, -0.05) is 6.92 Å². The minimum Gasteiger partial charge on any atom is -0.467 e. The number of nitrogens with two attached hydrogens (primary N) is 1. The Balaban J connectivity index is 0.00000128. The van der Waals surface area contributed by atoms with E-state index in [1.54, 1.807) is 6.07 Å². The molecular weight excluding hydrogens is 228 g/mol. The number of likely N-dealkylation sites (tertiary alicyclic amines) is 1. The Morgan fingerprint density at radius 2 is 2.44 bits per heavy atom. The summed E-state index contributed by atoms with van der Waals surface area (Å²) in [4.78, 5) is 13.8. The Hall–Kier alpha value is -1.00. The van der Waals surface area contributed by atoms with Crippen LogP contribution in [0.3, 0.4) is 0 Å². The van der Waals surface area contributed by atoms with Crippen LogP contribution in [0.25, 0.3) is 0 Å². The molecule has 0 aliphatic carbocycles. The van der Waals surface area contributed by atoms with Crippen molar-refractivity contribution in [1.82, 2.24) is 4.90 Å². The number of carbonyl (C=O) groups is 1. The SMILES string of the molecule is CC1CCN(C(=O)c2coc(CN)c2)C1.Cl. The lowest BCUT2D eigenvalue weighted by atomic mass is 10.2. The number of amides is 1. The fourth-order valence-electron chi connectivity index (χ4n) is 1.90. The largest absolute Gasteiger partial charge is 0.467 e. The number of halogens is 1. The smallest absolute Gasteiger partial charge is 0.257 e. The van der Waals surface area contributed by atoms with Crippen LogP contribution in [0.2, 0.25) is 0 Å². The van der Waals surface area contributed by atoms with Crippen LogP contribution in [-0.2, 0) is 6.54 Å². The molecule has 0 aromatic carbocycles. The Bertz CT molecular complexity index is 365. The molecule has 1 aromatic rings. The van der Waals surface area contributed by atoms with Crippen LogP contribution in [-0.4, -0.2) is 23.9 Å². The molecule has 1 aliphatic rings. The van der Waals surface area contributed by atoms with E-state index in [0.29, 0.717) is 23.8 Å². The normalized spacial score (nSPS) is 19.6. The van der Waals surface area contributed by atoms with Crippen LogP contribution >= 0.6 is 12.4 Å². The summed E-state index contributed by atoms with van der Waals surface area (Å²) in [5.41, 5.74) is 6.04. The average molecular weight is 245 g/mol. The van der Waals surface area contributed by atoms with Crippen LogP contribution in [0.15, 0.2) is 16.7 Å². The van der Waals surface area contributed by atoms with Gasteiger partial charge in [0.1, 0.15) is 12.0 Å². The van der Waals surface area contributed by atoms with E-state index in [1.807, 2.05) is 4.90 Å². The third-order valence-corrected chi connectivity index (χ3v) is 2.81. The molecule has 1 unspecified atom stereocenters. The van der Waals surface area contributed by atoms with Crippen LogP contribution in [0, 0.1) is 5.92 Å². The second kappa shape index (κ2) is 5.37. The average Bonchev–Trinajstić information content (AvgIpc) is 2.84. The molecule has 1 atom stereocenters. The first-order chi connectivity index (χ1) is 7.20. The molecule has 5 heteroatoms. The molecule has 0 spiro atoms. The molecule has 2 rings (SSSR count). The number of nitrogens with zero attached hydrogens (tertiary/aromatic N) is 1. The van der Waals surface area contributed by atoms with Crippen LogP contribution in [0.5, 0.6) is 0 Å². The number of rotatable bonds is 2. The van der Waals surface area contributed by atoms with E-state index in [4.69, 9.17) is 10.2 Å². The van der Waals surface area contributed by atoms with E-state index in [2.05, 4.69) is 6.92 Å². The minimum absolute atomic E-state index is 0. The van der Waals surface area contributed by atoms with Gasteiger partial charge in [0.25, 0.3) is 5.91 Å². The molecule has 0 bridgehead atoms. The molecule has 1 fully saturated rings. The lowest BCUT2D eigenvalue weighted by molar-refractivity contribution is 0.0787. The van der Waals surface area contributed by atoms with Crippen molar-refractivity contribution in [2.75, 3.05) is 13.1 Å². The van der Waals surface area contributed by atoms with Gasteiger partial charge < -0.3 is 15.1 Å². The third-order valence-electron chi connectivity index (χ3n) is 2.81. The maximum atomic E-state index is 11.9. The van der Waals surface area contributed by atoms with Crippen LogP contribution in [0.1, 0.15) is 29.5 Å². The predicted octanol–water partition coefficient (Wildman–Crippen LogP) is 1.64. The number of furan rings is 1. The summed E-state index contributed by atoms with van der Waals surface area (Å²) < 4.78 is 5.15. The highest BCUT2D eigenvalue weighted by atomic mass is 35.5. The molecule has 4 nitrogen and oxygen atoms in total. The molecule has 1 amide bonds. The van der Waals surface area contributed by atoms with E-state index >= 15 is 0 Å². The predicted molar refractivity (Wildman–Crippen MR) is 63.5 cm³/mol. The highest BCUT2D eigenvalue weighted by Crippen LogP contribution is 2.18. The van der Waals surface area contributed by atoms with Crippen LogP contribution in [0.4, 0.5) is 0 Å². The summed E-state index contributed by atoms with van der Waals surface area (Å²) in [5, 5.41) is 0. The summed E-state index contributed by atoms with van der Waals surface area (Å²) in [7, 11) is 0. The molecule has 16 heavy (non-hydrogen) atoms. The molecule has 1 aromatic heterocycles.